The van der Waals surface area contributed by atoms with Gasteiger partial charge in [0.25, 0.3) is 0 Å². The molecular formula is C19H17NO4. The fourth-order valence-electron chi connectivity index (χ4n) is 1.93. The molecule has 0 radical (unpaired) electrons. The Balaban J connectivity index is 0.000000177. The molecule has 0 bridgehead atoms. The number of benzene rings is 3. The Morgan fingerprint density at radius 2 is 1.12 bits per heavy atom. The number of aromatic carboxylic acids is 1. The van der Waals surface area contributed by atoms with Crippen molar-refractivity contribution in [3.8, 4) is 11.5 Å². The topological polar surface area (TPSA) is 89.8 Å². The van der Waals surface area contributed by atoms with Gasteiger partial charge in [-0.3, -0.25) is 0 Å². The lowest BCUT2D eigenvalue weighted by atomic mass is 10.2. The van der Waals surface area contributed by atoms with Crippen LogP contribution in [-0.4, -0.2) is 21.3 Å². The van der Waals surface area contributed by atoms with Crippen molar-refractivity contribution < 1.29 is 20.1 Å². The summed E-state index contributed by atoms with van der Waals surface area (Å²) in [4.78, 5) is 10.3. The molecule has 0 unspecified atom stereocenters. The van der Waals surface area contributed by atoms with Crippen LogP contribution in [0.15, 0.2) is 78.9 Å². The molecule has 0 saturated heterocycles. The first kappa shape index (κ1) is 16.9. The average Bonchev–Trinajstić information content (AvgIpc) is 2.56. The van der Waals surface area contributed by atoms with Crippen LogP contribution in [0.25, 0.3) is 0 Å². The van der Waals surface area contributed by atoms with Gasteiger partial charge in [0, 0.05) is 17.4 Å². The van der Waals surface area contributed by atoms with Crippen molar-refractivity contribution in [3.63, 3.8) is 0 Å². The zero-order chi connectivity index (χ0) is 17.4. The number of hydrogen-bond acceptors (Lipinski definition) is 4. The molecule has 0 heterocycles. The number of phenols is 2. The minimum Gasteiger partial charge on any atom is -0.508 e. The standard InChI is InChI=1S/C12H11N.C7H6O4/c1-3-7-11(8-4-1)13-12-9-5-2-6-10-12;8-5-1-4(7(10)11)2-6(9)3-5/h1-10,13H;1-3,8-9H,(H,10,11). The summed E-state index contributed by atoms with van der Waals surface area (Å²) in [6.45, 7) is 0. The van der Waals surface area contributed by atoms with Gasteiger partial charge in [-0.15, -0.1) is 0 Å². The van der Waals surface area contributed by atoms with Gasteiger partial charge in [-0.2, -0.15) is 0 Å². The highest BCUT2D eigenvalue weighted by Gasteiger charge is 2.04. The van der Waals surface area contributed by atoms with Crippen molar-refractivity contribution in [2.45, 2.75) is 0 Å². The number of carboxylic acid groups (broad SMARTS) is 1. The Kier molecular flexibility index (Phi) is 5.80. The quantitative estimate of drug-likeness (QED) is 0.579. The number of rotatable bonds is 3. The van der Waals surface area contributed by atoms with Crippen LogP contribution in [0.5, 0.6) is 11.5 Å². The Morgan fingerprint density at radius 3 is 1.50 bits per heavy atom. The minimum absolute atomic E-state index is 0.137. The molecule has 0 saturated carbocycles. The largest absolute Gasteiger partial charge is 0.508 e. The molecule has 3 aromatic rings. The highest BCUT2D eigenvalue weighted by molar-refractivity contribution is 5.88. The van der Waals surface area contributed by atoms with Gasteiger partial charge in [0.1, 0.15) is 11.5 Å². The first-order valence-electron chi connectivity index (χ1n) is 7.18. The van der Waals surface area contributed by atoms with Crippen LogP contribution in [0.1, 0.15) is 10.4 Å². The van der Waals surface area contributed by atoms with E-state index in [-0.39, 0.29) is 17.1 Å². The maximum Gasteiger partial charge on any atom is 0.335 e. The number of aromatic hydroxyl groups is 2. The third-order valence-corrected chi connectivity index (χ3v) is 2.99. The fourth-order valence-corrected chi connectivity index (χ4v) is 1.93. The summed E-state index contributed by atoms with van der Waals surface area (Å²) in [6, 6.07) is 23.5. The molecule has 5 heteroatoms. The summed E-state index contributed by atoms with van der Waals surface area (Å²) in [7, 11) is 0. The number of hydrogen-bond donors (Lipinski definition) is 4. The second-order valence-electron chi connectivity index (χ2n) is 4.90. The van der Waals surface area contributed by atoms with Crippen molar-refractivity contribution in [2.75, 3.05) is 5.32 Å². The first-order chi connectivity index (χ1) is 11.5. The SMILES string of the molecule is O=C(O)c1cc(O)cc(O)c1.c1ccc(Nc2ccccc2)cc1. The van der Waals surface area contributed by atoms with E-state index in [1.54, 1.807) is 0 Å². The van der Waals surface area contributed by atoms with E-state index in [2.05, 4.69) is 5.32 Å². The normalized spacial score (nSPS) is 9.50. The maximum absolute atomic E-state index is 10.3. The van der Waals surface area contributed by atoms with Crippen LogP contribution in [-0.2, 0) is 0 Å². The Bertz CT molecular complexity index is 731. The van der Waals surface area contributed by atoms with E-state index in [9.17, 15) is 4.79 Å². The minimum atomic E-state index is -1.18. The molecule has 0 atom stereocenters. The van der Waals surface area contributed by atoms with Gasteiger partial charge in [0.2, 0.25) is 0 Å². The predicted molar refractivity (Wildman–Crippen MR) is 92.9 cm³/mol. The smallest absolute Gasteiger partial charge is 0.335 e. The molecule has 4 N–H and O–H groups in total. The molecular weight excluding hydrogens is 306 g/mol. The van der Waals surface area contributed by atoms with Crippen LogP contribution in [0.3, 0.4) is 0 Å². The van der Waals surface area contributed by atoms with Crippen LogP contribution < -0.4 is 5.32 Å². The zero-order valence-electron chi connectivity index (χ0n) is 12.8. The predicted octanol–water partition coefficient (Wildman–Crippen LogP) is 4.23. The molecule has 0 fully saturated rings. The Hall–Kier alpha value is -3.47. The van der Waals surface area contributed by atoms with Crippen LogP contribution in [0.2, 0.25) is 0 Å². The van der Waals surface area contributed by atoms with Crippen molar-refractivity contribution in [1.29, 1.82) is 0 Å². The van der Waals surface area contributed by atoms with Gasteiger partial charge >= 0.3 is 5.97 Å². The summed E-state index contributed by atoms with van der Waals surface area (Å²) in [5, 5.41) is 29.4. The summed E-state index contributed by atoms with van der Waals surface area (Å²) in [6.07, 6.45) is 0. The van der Waals surface area contributed by atoms with Crippen LogP contribution >= 0.6 is 0 Å². The van der Waals surface area contributed by atoms with Gasteiger partial charge in [-0.25, -0.2) is 4.79 Å². The van der Waals surface area contributed by atoms with Gasteiger partial charge in [-0.1, -0.05) is 36.4 Å². The molecule has 0 spiro atoms. The lowest BCUT2D eigenvalue weighted by Gasteiger charge is -2.04. The number of carbonyl (C=O) groups is 1. The van der Waals surface area contributed by atoms with Crippen LogP contribution in [0.4, 0.5) is 11.4 Å². The molecule has 5 nitrogen and oxygen atoms in total. The lowest BCUT2D eigenvalue weighted by molar-refractivity contribution is 0.0696. The molecule has 3 aromatic carbocycles. The highest BCUT2D eigenvalue weighted by atomic mass is 16.4. The third-order valence-electron chi connectivity index (χ3n) is 2.99. The second-order valence-corrected chi connectivity index (χ2v) is 4.90. The summed E-state index contributed by atoms with van der Waals surface area (Å²) >= 11 is 0. The Morgan fingerprint density at radius 1 is 0.708 bits per heavy atom. The number of nitrogens with one attached hydrogen (secondary N) is 1. The number of carboxylic acids is 1. The van der Waals surface area contributed by atoms with E-state index in [1.807, 2.05) is 60.7 Å². The molecule has 3 rings (SSSR count). The van der Waals surface area contributed by atoms with E-state index < -0.39 is 5.97 Å². The van der Waals surface area contributed by atoms with Gasteiger partial charge in [0.15, 0.2) is 0 Å². The van der Waals surface area contributed by atoms with Crippen molar-refractivity contribution in [1.82, 2.24) is 0 Å². The summed E-state index contributed by atoms with van der Waals surface area (Å²) in [5.74, 6) is -1.71. The summed E-state index contributed by atoms with van der Waals surface area (Å²) in [5.41, 5.74) is 2.10. The lowest BCUT2D eigenvalue weighted by Crippen LogP contribution is -1.94. The van der Waals surface area contributed by atoms with E-state index in [4.69, 9.17) is 15.3 Å². The van der Waals surface area contributed by atoms with E-state index in [0.717, 1.165) is 29.6 Å². The van der Waals surface area contributed by atoms with Gasteiger partial charge in [-0.05, 0) is 36.4 Å². The maximum atomic E-state index is 10.3. The van der Waals surface area contributed by atoms with E-state index >= 15 is 0 Å². The number of para-hydroxylation sites is 2. The van der Waals surface area contributed by atoms with Crippen molar-refractivity contribution >= 4 is 17.3 Å². The second kappa shape index (κ2) is 8.24. The van der Waals surface area contributed by atoms with Crippen molar-refractivity contribution in [3.05, 3.63) is 84.4 Å². The average molecular weight is 323 g/mol. The third kappa shape index (κ3) is 5.38. The molecule has 122 valence electrons. The molecule has 0 aliphatic carbocycles. The van der Waals surface area contributed by atoms with E-state index in [1.165, 1.54) is 0 Å². The molecule has 0 aliphatic rings. The highest BCUT2D eigenvalue weighted by Crippen LogP contribution is 2.20. The van der Waals surface area contributed by atoms with E-state index in [0.29, 0.717) is 0 Å². The summed E-state index contributed by atoms with van der Waals surface area (Å²) < 4.78 is 0. The molecule has 24 heavy (non-hydrogen) atoms. The number of anilines is 2. The Labute approximate surface area is 139 Å². The van der Waals surface area contributed by atoms with Crippen LogP contribution in [0, 0.1) is 0 Å². The molecule has 0 aromatic heterocycles. The molecule has 0 amide bonds. The van der Waals surface area contributed by atoms with Crippen molar-refractivity contribution in [2.24, 2.45) is 0 Å². The van der Waals surface area contributed by atoms with Gasteiger partial charge in [0.05, 0.1) is 5.56 Å². The van der Waals surface area contributed by atoms with Gasteiger partial charge < -0.3 is 20.6 Å². The fraction of sp³-hybridized carbons (Fsp3) is 0. The zero-order valence-corrected chi connectivity index (χ0v) is 12.8. The number of phenolic OH excluding ortho intramolecular Hbond substituents is 2. The monoisotopic (exact) mass is 323 g/mol. The molecule has 0 aliphatic heterocycles. The first-order valence-corrected chi connectivity index (χ1v) is 7.18.